The van der Waals surface area contributed by atoms with Crippen molar-refractivity contribution in [1.29, 1.82) is 0 Å². The molecule has 0 radical (unpaired) electrons. The molecule has 0 bridgehead atoms. The summed E-state index contributed by atoms with van der Waals surface area (Å²) in [4.78, 5) is 0. The highest BCUT2D eigenvalue weighted by Crippen LogP contribution is 2.31. The molecule has 0 aromatic carbocycles. The van der Waals surface area contributed by atoms with Crippen molar-refractivity contribution in [2.45, 2.75) is 51.0 Å². The van der Waals surface area contributed by atoms with Crippen molar-refractivity contribution < 1.29 is 5.11 Å². The van der Waals surface area contributed by atoms with Gasteiger partial charge < -0.3 is 5.11 Å². The fourth-order valence-electron chi connectivity index (χ4n) is 1.73. The Labute approximate surface area is 75.5 Å². The van der Waals surface area contributed by atoms with E-state index in [1.807, 2.05) is 6.08 Å². The van der Waals surface area contributed by atoms with Gasteiger partial charge >= 0.3 is 0 Å². The summed E-state index contributed by atoms with van der Waals surface area (Å²) in [5.74, 6) is 0.837. The van der Waals surface area contributed by atoms with E-state index in [1.54, 1.807) is 0 Å². The molecule has 0 aliphatic heterocycles. The van der Waals surface area contributed by atoms with E-state index in [-0.39, 0.29) is 6.10 Å². The van der Waals surface area contributed by atoms with Crippen molar-refractivity contribution in [2.75, 3.05) is 0 Å². The lowest BCUT2D eigenvalue weighted by Crippen LogP contribution is -2.19. The molecule has 0 amide bonds. The summed E-state index contributed by atoms with van der Waals surface area (Å²) in [6.07, 6.45) is 10.1. The van der Waals surface area contributed by atoms with Crippen LogP contribution in [0.2, 0.25) is 0 Å². The quantitative estimate of drug-likeness (QED) is 0.477. The molecule has 1 atom stereocenters. The third-order valence-corrected chi connectivity index (χ3v) is 2.78. The minimum absolute atomic E-state index is 0.0461. The fraction of sp³-hybridized carbons (Fsp3) is 0.818. The number of unbranched alkanes of at least 4 members (excludes halogenated alkanes) is 1. The Kier molecular flexibility index (Phi) is 4.37. The molecule has 1 heteroatoms. The highest BCUT2D eigenvalue weighted by atomic mass is 16.3. The van der Waals surface area contributed by atoms with E-state index in [4.69, 9.17) is 0 Å². The van der Waals surface area contributed by atoms with Crippen LogP contribution in [0.15, 0.2) is 12.7 Å². The van der Waals surface area contributed by atoms with E-state index >= 15 is 0 Å². The largest absolute Gasteiger partial charge is 0.393 e. The van der Waals surface area contributed by atoms with Gasteiger partial charge in [0, 0.05) is 0 Å². The summed E-state index contributed by atoms with van der Waals surface area (Å²) in [5, 5.41) is 9.58. The van der Waals surface area contributed by atoms with Crippen molar-refractivity contribution in [1.82, 2.24) is 0 Å². The molecular formula is C11H20O. The van der Waals surface area contributed by atoms with Gasteiger partial charge in [0.05, 0.1) is 6.10 Å². The van der Waals surface area contributed by atoms with E-state index < -0.39 is 0 Å². The molecule has 1 nitrogen and oxygen atoms in total. The molecule has 1 saturated carbocycles. The molecule has 1 N–H and O–H groups in total. The zero-order valence-corrected chi connectivity index (χ0v) is 7.84. The van der Waals surface area contributed by atoms with Gasteiger partial charge in [-0.25, -0.2) is 0 Å². The third kappa shape index (κ3) is 3.40. The number of hydrogen-bond acceptors (Lipinski definition) is 1. The Bertz CT molecular complexity index is 127. The maximum absolute atomic E-state index is 9.58. The fourth-order valence-corrected chi connectivity index (χ4v) is 1.73. The van der Waals surface area contributed by atoms with E-state index in [1.165, 1.54) is 19.3 Å². The Balaban J connectivity index is 1.94. The highest BCUT2D eigenvalue weighted by molar-refractivity contribution is 4.74. The first-order valence-electron chi connectivity index (χ1n) is 5.12. The summed E-state index contributed by atoms with van der Waals surface area (Å²) in [5.41, 5.74) is 0. The van der Waals surface area contributed by atoms with Crippen molar-refractivity contribution in [3.63, 3.8) is 0 Å². The van der Waals surface area contributed by atoms with Crippen LogP contribution in [0.25, 0.3) is 0 Å². The number of rotatable bonds is 6. The molecule has 0 spiro atoms. The second kappa shape index (κ2) is 5.36. The minimum Gasteiger partial charge on any atom is -0.393 e. The number of aliphatic hydroxyl groups is 1. The number of aliphatic hydroxyl groups excluding tert-OH is 1. The zero-order valence-electron chi connectivity index (χ0n) is 7.84. The Morgan fingerprint density at radius 3 is 2.75 bits per heavy atom. The van der Waals surface area contributed by atoms with E-state index in [0.29, 0.717) is 0 Å². The average molecular weight is 168 g/mol. The second-order valence-electron chi connectivity index (χ2n) is 3.91. The molecule has 0 aromatic heterocycles. The van der Waals surface area contributed by atoms with Crippen LogP contribution in [0, 0.1) is 5.92 Å². The van der Waals surface area contributed by atoms with Crippen LogP contribution in [0.3, 0.4) is 0 Å². The first-order chi connectivity index (χ1) is 5.83. The molecule has 0 aromatic rings. The van der Waals surface area contributed by atoms with Crippen molar-refractivity contribution >= 4 is 0 Å². The summed E-state index contributed by atoms with van der Waals surface area (Å²) in [6.45, 7) is 3.66. The van der Waals surface area contributed by atoms with Crippen molar-refractivity contribution in [3.8, 4) is 0 Å². The first-order valence-corrected chi connectivity index (χ1v) is 5.12. The zero-order chi connectivity index (χ0) is 8.81. The Morgan fingerprint density at radius 2 is 2.25 bits per heavy atom. The summed E-state index contributed by atoms with van der Waals surface area (Å²) in [7, 11) is 0. The first kappa shape index (κ1) is 9.79. The Morgan fingerprint density at radius 1 is 1.50 bits per heavy atom. The topological polar surface area (TPSA) is 20.2 Å². The number of hydrogen-bond donors (Lipinski definition) is 1. The molecule has 1 fully saturated rings. The molecule has 1 aliphatic rings. The smallest absolute Gasteiger partial charge is 0.0543 e. The molecule has 12 heavy (non-hydrogen) atoms. The molecule has 1 rings (SSSR count). The van der Waals surface area contributed by atoms with E-state index in [9.17, 15) is 5.11 Å². The van der Waals surface area contributed by atoms with Gasteiger partial charge in [-0.05, 0) is 31.6 Å². The van der Waals surface area contributed by atoms with E-state index in [2.05, 4.69) is 6.58 Å². The highest BCUT2D eigenvalue weighted by Gasteiger charge is 2.20. The molecule has 0 saturated heterocycles. The summed E-state index contributed by atoms with van der Waals surface area (Å²) in [6, 6.07) is 0. The maximum Gasteiger partial charge on any atom is 0.0543 e. The molecule has 1 aliphatic carbocycles. The van der Waals surface area contributed by atoms with Crippen molar-refractivity contribution in [2.24, 2.45) is 5.92 Å². The monoisotopic (exact) mass is 168 g/mol. The van der Waals surface area contributed by atoms with Crippen LogP contribution in [0.5, 0.6) is 0 Å². The summed E-state index contributed by atoms with van der Waals surface area (Å²) >= 11 is 0. The van der Waals surface area contributed by atoms with Gasteiger partial charge in [0.15, 0.2) is 0 Å². The van der Waals surface area contributed by atoms with Gasteiger partial charge in [-0.2, -0.15) is 0 Å². The SMILES string of the molecule is C=CCCCC(O)CC1CCC1. The maximum atomic E-state index is 9.58. The van der Waals surface area contributed by atoms with Crippen LogP contribution in [-0.2, 0) is 0 Å². The van der Waals surface area contributed by atoms with Crippen LogP contribution in [0.1, 0.15) is 44.9 Å². The molecule has 0 heterocycles. The van der Waals surface area contributed by atoms with Crippen LogP contribution >= 0.6 is 0 Å². The van der Waals surface area contributed by atoms with Crippen LogP contribution in [0.4, 0.5) is 0 Å². The summed E-state index contributed by atoms with van der Waals surface area (Å²) < 4.78 is 0. The lowest BCUT2D eigenvalue weighted by Gasteiger charge is -2.27. The molecular weight excluding hydrogens is 148 g/mol. The lowest BCUT2D eigenvalue weighted by atomic mass is 9.81. The number of allylic oxidation sites excluding steroid dienone is 1. The van der Waals surface area contributed by atoms with Gasteiger partial charge in [-0.3, -0.25) is 0 Å². The van der Waals surface area contributed by atoms with Gasteiger partial charge in [-0.15, -0.1) is 6.58 Å². The lowest BCUT2D eigenvalue weighted by molar-refractivity contribution is 0.108. The van der Waals surface area contributed by atoms with Gasteiger partial charge in [0.1, 0.15) is 0 Å². The predicted octanol–water partition coefficient (Wildman–Crippen LogP) is 2.89. The second-order valence-corrected chi connectivity index (χ2v) is 3.91. The van der Waals surface area contributed by atoms with Crippen molar-refractivity contribution in [3.05, 3.63) is 12.7 Å². The average Bonchev–Trinajstić information content (AvgIpc) is 1.98. The van der Waals surface area contributed by atoms with E-state index in [0.717, 1.165) is 31.6 Å². The Hall–Kier alpha value is -0.300. The van der Waals surface area contributed by atoms with Crippen LogP contribution in [-0.4, -0.2) is 11.2 Å². The van der Waals surface area contributed by atoms with Gasteiger partial charge in [0.25, 0.3) is 0 Å². The minimum atomic E-state index is -0.0461. The molecule has 70 valence electrons. The third-order valence-electron chi connectivity index (χ3n) is 2.78. The molecule has 1 unspecified atom stereocenters. The van der Waals surface area contributed by atoms with Gasteiger partial charge in [-0.1, -0.05) is 25.3 Å². The normalized spacial score (nSPS) is 20.1. The predicted molar refractivity (Wildman–Crippen MR) is 52.0 cm³/mol. The van der Waals surface area contributed by atoms with Gasteiger partial charge in [0.2, 0.25) is 0 Å². The standard InChI is InChI=1S/C11H20O/c1-2-3-4-8-11(12)9-10-6-5-7-10/h2,10-12H,1,3-9H2. The van der Waals surface area contributed by atoms with Crippen LogP contribution < -0.4 is 0 Å².